The largest absolute Gasteiger partial charge is 0.478 e. The first-order chi connectivity index (χ1) is 10.4. The zero-order chi connectivity index (χ0) is 15.8. The second-order valence-electron chi connectivity index (χ2n) is 6.73. The van der Waals surface area contributed by atoms with Gasteiger partial charge in [0, 0.05) is 6.54 Å². The number of carboxylic acid groups (broad SMARTS) is 1. The lowest BCUT2D eigenvalue weighted by molar-refractivity contribution is 0.0697. The number of fused-ring (bicyclic) bond motifs is 2. The van der Waals surface area contributed by atoms with Crippen LogP contribution < -0.4 is 4.72 Å². The van der Waals surface area contributed by atoms with Crippen LogP contribution >= 0.6 is 0 Å². The van der Waals surface area contributed by atoms with Gasteiger partial charge in [-0.1, -0.05) is 12.1 Å². The molecule has 0 amide bonds. The lowest BCUT2D eigenvalue weighted by Gasteiger charge is -2.26. The van der Waals surface area contributed by atoms with Crippen LogP contribution in [0.3, 0.4) is 0 Å². The van der Waals surface area contributed by atoms with Crippen molar-refractivity contribution in [2.24, 2.45) is 11.3 Å². The SMILES string of the molecule is O=C(O)c1ccc(CNS(=O)(=O)CC23CCC(CC2)C3)cc1. The van der Waals surface area contributed by atoms with Gasteiger partial charge in [0.1, 0.15) is 0 Å². The van der Waals surface area contributed by atoms with Crippen molar-refractivity contribution in [3.8, 4) is 0 Å². The van der Waals surface area contributed by atoms with Gasteiger partial charge in [0.2, 0.25) is 10.0 Å². The smallest absolute Gasteiger partial charge is 0.335 e. The average Bonchev–Trinajstić information content (AvgIpc) is 3.05. The van der Waals surface area contributed by atoms with Crippen molar-refractivity contribution in [1.29, 1.82) is 0 Å². The van der Waals surface area contributed by atoms with Crippen LogP contribution in [0.25, 0.3) is 0 Å². The highest BCUT2D eigenvalue weighted by Crippen LogP contribution is 2.54. The van der Waals surface area contributed by atoms with E-state index in [0.717, 1.165) is 30.7 Å². The molecule has 3 rings (SSSR count). The number of benzene rings is 1. The summed E-state index contributed by atoms with van der Waals surface area (Å²) in [5.74, 6) is -0.0222. The number of aromatic carboxylic acids is 1. The summed E-state index contributed by atoms with van der Waals surface area (Å²) in [5, 5.41) is 8.84. The summed E-state index contributed by atoms with van der Waals surface area (Å²) in [6.07, 6.45) is 5.47. The molecule has 0 heterocycles. The number of sulfonamides is 1. The highest BCUT2D eigenvalue weighted by molar-refractivity contribution is 7.89. The predicted octanol–water partition coefficient (Wildman–Crippen LogP) is 2.38. The molecule has 0 spiro atoms. The molecule has 2 aliphatic rings. The Morgan fingerprint density at radius 3 is 2.36 bits per heavy atom. The Bertz CT molecular complexity index is 658. The van der Waals surface area contributed by atoms with Crippen LogP contribution in [0.2, 0.25) is 0 Å². The topological polar surface area (TPSA) is 83.5 Å². The second-order valence-corrected chi connectivity index (χ2v) is 8.54. The molecule has 0 aromatic heterocycles. The van der Waals surface area contributed by atoms with Crippen molar-refractivity contribution in [2.75, 3.05) is 5.75 Å². The average molecular weight is 323 g/mol. The first-order valence-electron chi connectivity index (χ1n) is 7.67. The molecule has 1 aromatic carbocycles. The maximum Gasteiger partial charge on any atom is 0.335 e. The third kappa shape index (κ3) is 3.33. The van der Waals surface area contributed by atoms with Crippen molar-refractivity contribution in [2.45, 2.75) is 38.6 Å². The van der Waals surface area contributed by atoms with E-state index < -0.39 is 16.0 Å². The molecular formula is C16H21NO4S. The normalized spacial score (nSPS) is 27.2. The summed E-state index contributed by atoms with van der Waals surface area (Å²) >= 11 is 0. The Morgan fingerprint density at radius 2 is 1.86 bits per heavy atom. The lowest BCUT2D eigenvalue weighted by atomic mass is 9.87. The second kappa shape index (κ2) is 5.66. The van der Waals surface area contributed by atoms with Gasteiger partial charge >= 0.3 is 5.97 Å². The van der Waals surface area contributed by atoms with E-state index >= 15 is 0 Å². The van der Waals surface area contributed by atoms with Crippen molar-refractivity contribution in [3.63, 3.8) is 0 Å². The minimum Gasteiger partial charge on any atom is -0.478 e. The molecule has 22 heavy (non-hydrogen) atoms. The van der Waals surface area contributed by atoms with Crippen molar-refractivity contribution < 1.29 is 18.3 Å². The summed E-state index contributed by atoms with van der Waals surface area (Å²) in [4.78, 5) is 10.8. The van der Waals surface area contributed by atoms with Gasteiger partial charge in [0.25, 0.3) is 0 Å². The fourth-order valence-corrected chi connectivity index (χ4v) is 5.63. The van der Waals surface area contributed by atoms with E-state index in [1.807, 2.05) is 0 Å². The number of hydrogen-bond donors (Lipinski definition) is 2. The Hall–Kier alpha value is -1.40. The quantitative estimate of drug-likeness (QED) is 0.842. The standard InChI is InChI=1S/C16H21NO4S/c18-15(19)14-3-1-13(2-4-14)10-17-22(20,21)11-16-7-5-12(9-16)6-8-16/h1-4,12,17H,5-11H2,(H,18,19). The van der Waals surface area contributed by atoms with Crippen LogP contribution in [0.1, 0.15) is 48.0 Å². The fraction of sp³-hybridized carbons (Fsp3) is 0.562. The summed E-state index contributed by atoms with van der Waals surface area (Å²) in [6.45, 7) is 0.210. The van der Waals surface area contributed by atoms with Gasteiger partial charge < -0.3 is 5.11 Å². The van der Waals surface area contributed by atoms with Gasteiger partial charge in [-0.15, -0.1) is 0 Å². The fourth-order valence-electron chi connectivity index (χ4n) is 3.93. The van der Waals surface area contributed by atoms with Crippen molar-refractivity contribution in [3.05, 3.63) is 35.4 Å². The summed E-state index contributed by atoms with van der Waals surface area (Å²) < 4.78 is 27.3. The maximum absolute atomic E-state index is 12.3. The molecule has 0 unspecified atom stereocenters. The Morgan fingerprint density at radius 1 is 1.23 bits per heavy atom. The molecule has 2 fully saturated rings. The highest BCUT2D eigenvalue weighted by Gasteiger charge is 2.47. The number of hydrogen-bond acceptors (Lipinski definition) is 3. The number of carboxylic acids is 1. The number of rotatable bonds is 6. The minimum absolute atomic E-state index is 0.00364. The molecule has 0 radical (unpaired) electrons. The molecule has 2 saturated carbocycles. The zero-order valence-electron chi connectivity index (χ0n) is 12.4. The highest BCUT2D eigenvalue weighted by atomic mass is 32.2. The molecule has 120 valence electrons. The van der Waals surface area contributed by atoms with E-state index in [9.17, 15) is 13.2 Å². The summed E-state index contributed by atoms with van der Waals surface area (Å²) in [5.41, 5.74) is 0.971. The predicted molar refractivity (Wildman–Crippen MR) is 83.0 cm³/mol. The Labute approximate surface area is 130 Å². The van der Waals surface area contributed by atoms with E-state index in [0.29, 0.717) is 0 Å². The van der Waals surface area contributed by atoms with Crippen LogP contribution in [0.5, 0.6) is 0 Å². The van der Waals surface area contributed by atoms with Gasteiger partial charge in [0.15, 0.2) is 0 Å². The van der Waals surface area contributed by atoms with Gasteiger partial charge in [-0.25, -0.2) is 17.9 Å². The Balaban J connectivity index is 1.59. The van der Waals surface area contributed by atoms with Gasteiger partial charge in [-0.3, -0.25) is 0 Å². The third-order valence-corrected chi connectivity index (χ3v) is 6.66. The number of nitrogens with one attached hydrogen (secondary N) is 1. The molecule has 0 aliphatic heterocycles. The van der Waals surface area contributed by atoms with Crippen LogP contribution in [-0.2, 0) is 16.6 Å². The van der Waals surface area contributed by atoms with E-state index in [4.69, 9.17) is 5.11 Å². The van der Waals surface area contributed by atoms with Crippen LogP contribution in [-0.4, -0.2) is 25.2 Å². The van der Waals surface area contributed by atoms with Gasteiger partial charge in [-0.05, 0) is 61.1 Å². The zero-order valence-corrected chi connectivity index (χ0v) is 13.2. The molecule has 6 heteroatoms. The van der Waals surface area contributed by atoms with E-state index in [-0.39, 0.29) is 23.3 Å². The minimum atomic E-state index is -3.30. The lowest BCUT2D eigenvalue weighted by Crippen LogP contribution is -2.34. The summed E-state index contributed by atoms with van der Waals surface area (Å²) in [7, 11) is -3.30. The number of carbonyl (C=O) groups is 1. The molecular weight excluding hydrogens is 302 g/mol. The molecule has 5 nitrogen and oxygen atoms in total. The molecule has 2 N–H and O–H groups in total. The van der Waals surface area contributed by atoms with E-state index in [1.54, 1.807) is 12.1 Å². The van der Waals surface area contributed by atoms with E-state index in [2.05, 4.69) is 4.72 Å². The third-order valence-electron chi connectivity index (χ3n) is 5.08. The van der Waals surface area contributed by atoms with Crippen LogP contribution in [0.15, 0.2) is 24.3 Å². The first kappa shape index (κ1) is 15.5. The molecule has 0 atom stereocenters. The molecule has 2 bridgehead atoms. The molecule has 2 aliphatic carbocycles. The molecule has 1 aromatic rings. The first-order valence-corrected chi connectivity index (χ1v) is 9.32. The summed E-state index contributed by atoms with van der Waals surface area (Å²) in [6, 6.07) is 6.27. The van der Waals surface area contributed by atoms with Crippen LogP contribution in [0.4, 0.5) is 0 Å². The van der Waals surface area contributed by atoms with E-state index in [1.165, 1.54) is 25.0 Å². The maximum atomic E-state index is 12.3. The van der Waals surface area contributed by atoms with Crippen molar-refractivity contribution >= 4 is 16.0 Å². The van der Waals surface area contributed by atoms with Gasteiger partial charge in [0.05, 0.1) is 11.3 Å². The van der Waals surface area contributed by atoms with Gasteiger partial charge in [-0.2, -0.15) is 0 Å². The van der Waals surface area contributed by atoms with Crippen LogP contribution in [0, 0.1) is 11.3 Å². The molecule has 0 saturated heterocycles. The Kier molecular flexibility index (Phi) is 3.99. The van der Waals surface area contributed by atoms with Crippen molar-refractivity contribution in [1.82, 2.24) is 4.72 Å². The monoisotopic (exact) mass is 323 g/mol.